The summed E-state index contributed by atoms with van der Waals surface area (Å²) in [5, 5.41) is 11.8. The van der Waals surface area contributed by atoms with Gasteiger partial charge in [-0.2, -0.15) is 0 Å². The lowest BCUT2D eigenvalue weighted by atomic mass is 9.81. The zero-order valence-corrected chi connectivity index (χ0v) is 80.3. The number of aliphatic hydroxyl groups is 1. The van der Waals surface area contributed by atoms with Crippen LogP contribution in [0.25, 0.3) is 0 Å². The first kappa shape index (κ1) is 100. The van der Waals surface area contributed by atoms with E-state index in [1.54, 1.807) is 49.4 Å². The standard InChI is InChI=1S/C35H43BrN2O5.C30H35BrN2O4.C26H35BrN2O4.C9H9ClO/c1-23-20-24(2)22-27(21-23)34(40)38(32(35(4,5)6)26-12-8-7-9-13-26)37-33(39)28-15-16-29(36)31(25(28)3)43-19-18-42-30-14-10-11-17-41-30;1-19-16-20(2)18-23(17-19)29(36)33(27(30(4,5)6)22-10-8-7-9-11-22)32-28(35)24-12-13-25(31)26(21(24)3)37-15-14-34;1-18-20(25(30)29-28-24(26(2,3)4)19-10-6-5-7-11-19)13-14-21(27)23(18)33-17-16-32-22-12-8-9-15-31-22;1-6-3-7(2)5-8(4-6)9(10)11/h7-9,12-13,15-16,20-22,30,32H,10-11,14,17-19H2,1-6H3,(H,37,39);7-13,16-18,27,34H,14-15H2,1-6H3,(H,32,35);5-7,10-11,13-14,22,24,28H,8-9,12,15-17H2,1-4H3,(H,29,30);3-5H,1-2H3. The molecule has 24 heteroatoms. The molecule has 2 aliphatic heterocycles. The van der Waals surface area contributed by atoms with Crippen molar-refractivity contribution in [2.24, 2.45) is 16.2 Å². The summed E-state index contributed by atoms with van der Waals surface area (Å²) in [6.45, 7) is 38.9. The van der Waals surface area contributed by atoms with Crippen LogP contribution >= 0.6 is 59.4 Å². The molecule has 124 heavy (non-hydrogen) atoms. The van der Waals surface area contributed by atoms with Crippen molar-refractivity contribution in [2.75, 3.05) is 52.9 Å². The third-order valence-electron chi connectivity index (χ3n) is 20.7. The minimum Gasteiger partial charge on any atom is -0.490 e. The predicted octanol–water partition coefficient (Wildman–Crippen LogP) is 22.6. The zero-order chi connectivity index (χ0) is 90.8. The van der Waals surface area contributed by atoms with E-state index in [-0.39, 0.29) is 55.0 Å². The van der Waals surface area contributed by atoms with E-state index in [1.165, 1.54) is 10.0 Å². The fourth-order valence-corrected chi connectivity index (χ4v) is 16.8. The lowest BCUT2D eigenvalue weighted by Crippen LogP contribution is -2.51. The molecule has 664 valence electrons. The number of amides is 5. The van der Waals surface area contributed by atoms with Gasteiger partial charge < -0.3 is 38.3 Å². The summed E-state index contributed by atoms with van der Waals surface area (Å²) >= 11 is 15.9. The van der Waals surface area contributed by atoms with E-state index in [9.17, 15) is 33.9 Å². The van der Waals surface area contributed by atoms with Crippen molar-refractivity contribution in [1.29, 1.82) is 0 Å². The number of nitrogens with one attached hydrogen (secondary N) is 4. The van der Waals surface area contributed by atoms with Crippen LogP contribution in [0.4, 0.5) is 0 Å². The third-order valence-corrected chi connectivity index (χ3v) is 22.8. The van der Waals surface area contributed by atoms with Crippen molar-refractivity contribution in [3.05, 3.63) is 296 Å². The summed E-state index contributed by atoms with van der Waals surface area (Å²) in [7, 11) is 0. The number of carbonyl (C=O) groups excluding carboxylic acids is 6. The highest BCUT2D eigenvalue weighted by atomic mass is 79.9. The second kappa shape index (κ2) is 47.5. The molecule has 2 aliphatic rings. The van der Waals surface area contributed by atoms with E-state index >= 15 is 0 Å². The molecule has 0 saturated carbocycles. The van der Waals surface area contributed by atoms with E-state index in [4.69, 9.17) is 44.8 Å². The van der Waals surface area contributed by atoms with E-state index in [0.717, 1.165) is 116 Å². The number of halogens is 4. The molecule has 5 N–H and O–H groups in total. The number of hydrogen-bond donors (Lipinski definition) is 5. The molecule has 5 atom stereocenters. The molecular formula is C100H122Br3ClN6O14. The van der Waals surface area contributed by atoms with Crippen LogP contribution in [0.2, 0.25) is 0 Å². The maximum Gasteiger partial charge on any atom is 0.272 e. The van der Waals surface area contributed by atoms with E-state index in [1.807, 2.05) is 204 Å². The zero-order valence-electron chi connectivity index (χ0n) is 74.8. The molecule has 20 nitrogen and oxygen atoms in total. The molecule has 5 unspecified atom stereocenters. The number of aryl methyl sites for hydroxylation is 6. The summed E-state index contributed by atoms with van der Waals surface area (Å²) < 4.78 is 42.7. The second-order valence-corrected chi connectivity index (χ2v) is 37.5. The molecule has 0 aliphatic carbocycles. The molecule has 9 aromatic carbocycles. The predicted molar refractivity (Wildman–Crippen MR) is 501 cm³/mol. The number of rotatable bonds is 26. The summed E-state index contributed by atoms with van der Waals surface area (Å²) in [5.74, 6) is 0.0694. The lowest BCUT2D eigenvalue weighted by Gasteiger charge is -2.40. The Labute approximate surface area is 763 Å². The van der Waals surface area contributed by atoms with Crippen molar-refractivity contribution in [3.63, 3.8) is 0 Å². The monoisotopic (exact) mass is 1900 g/mol. The molecule has 9 aromatic rings. The van der Waals surface area contributed by atoms with Crippen molar-refractivity contribution < 1.29 is 67.0 Å². The Kier molecular flexibility index (Phi) is 38.4. The smallest absolute Gasteiger partial charge is 0.272 e. The molecule has 2 heterocycles. The Bertz CT molecular complexity index is 5000. The van der Waals surface area contributed by atoms with Gasteiger partial charge in [0.25, 0.3) is 34.8 Å². The number of hydrogen-bond acceptors (Lipinski definition) is 15. The van der Waals surface area contributed by atoms with Gasteiger partial charge in [0.1, 0.15) is 37.1 Å². The van der Waals surface area contributed by atoms with Gasteiger partial charge in [-0.3, -0.25) is 45.0 Å². The highest BCUT2D eigenvalue weighted by molar-refractivity contribution is 9.11. The second-order valence-electron chi connectivity index (χ2n) is 34.6. The van der Waals surface area contributed by atoms with Gasteiger partial charge in [-0.05, 0) is 266 Å². The molecule has 0 bridgehead atoms. The van der Waals surface area contributed by atoms with Gasteiger partial charge in [0.2, 0.25) is 0 Å². The topological polar surface area (TPSA) is 242 Å². The van der Waals surface area contributed by atoms with E-state index in [0.29, 0.717) is 92.7 Å². The fraction of sp³-hybridized carbons (Fsp3) is 0.400. The summed E-state index contributed by atoms with van der Waals surface area (Å²) in [6, 6.07) is 56.3. The first-order valence-electron chi connectivity index (χ1n) is 42.0. The molecule has 2 saturated heterocycles. The minimum atomic E-state index is -0.452. The summed E-state index contributed by atoms with van der Waals surface area (Å²) in [4.78, 5) is 79.8. The number of aliphatic hydroxyl groups excluding tert-OH is 1. The van der Waals surface area contributed by atoms with Crippen molar-refractivity contribution >= 4 is 94.2 Å². The SMILES string of the molecule is Cc1c(C(=O)NNC(c2ccccc2)C(C)(C)C)ccc(Br)c1OCCOC1CCCCO1.Cc1cc(C)cc(C(=O)Cl)c1.Cc1cc(C)cc(C(=O)N(NC(=O)c2ccc(Br)c(OCCO)c2C)C(c2ccccc2)C(C)(C)C)c1.Cc1cc(C)cc(C(=O)N(NC(=O)c2ccc(Br)c(OCCOC3CCCCO3)c2C)C(c2ccccc2)C(C)(C)C)c1. The highest BCUT2D eigenvalue weighted by Crippen LogP contribution is 2.42. The minimum absolute atomic E-state index is 0.0479. The quantitative estimate of drug-likeness (QED) is 0.0192. The van der Waals surface area contributed by atoms with Crippen LogP contribution in [0.3, 0.4) is 0 Å². The Morgan fingerprint density at radius 3 is 1.05 bits per heavy atom. The summed E-state index contributed by atoms with van der Waals surface area (Å²) in [5.41, 5.74) is 25.1. The molecule has 0 aromatic heterocycles. The number of benzene rings is 9. The maximum absolute atomic E-state index is 14.2. The number of carbonyl (C=O) groups is 6. The molecular weight excluding hydrogens is 1780 g/mol. The van der Waals surface area contributed by atoms with Crippen LogP contribution in [-0.2, 0) is 18.9 Å². The van der Waals surface area contributed by atoms with Gasteiger partial charge in [-0.15, -0.1) is 0 Å². The average molecular weight is 1910 g/mol. The molecule has 2 fully saturated rings. The molecule has 11 rings (SSSR count). The number of ether oxygens (including phenoxy) is 7. The fourth-order valence-electron chi connectivity index (χ4n) is 15.1. The van der Waals surface area contributed by atoms with Crippen molar-refractivity contribution in [1.82, 2.24) is 31.7 Å². The first-order chi connectivity index (χ1) is 58.7. The Balaban J connectivity index is 0.000000218. The van der Waals surface area contributed by atoms with Crippen LogP contribution in [0.5, 0.6) is 17.2 Å². The Morgan fingerprint density at radius 1 is 0.419 bits per heavy atom. The largest absolute Gasteiger partial charge is 0.490 e. The van der Waals surface area contributed by atoms with Gasteiger partial charge in [0.15, 0.2) is 12.6 Å². The normalized spacial score (nSPS) is 14.6. The van der Waals surface area contributed by atoms with Gasteiger partial charge in [0.05, 0.1) is 51.4 Å². The number of hydrazine groups is 3. The van der Waals surface area contributed by atoms with Gasteiger partial charge in [0, 0.05) is 63.3 Å². The van der Waals surface area contributed by atoms with Crippen LogP contribution in [0.15, 0.2) is 195 Å². The van der Waals surface area contributed by atoms with Crippen molar-refractivity contribution in [3.8, 4) is 17.2 Å². The van der Waals surface area contributed by atoms with Gasteiger partial charge >= 0.3 is 0 Å². The number of nitrogens with zero attached hydrogens (tertiary/aromatic N) is 2. The first-order valence-corrected chi connectivity index (χ1v) is 44.8. The Morgan fingerprint density at radius 2 is 0.742 bits per heavy atom. The molecule has 0 spiro atoms. The molecule has 0 radical (unpaired) electrons. The van der Waals surface area contributed by atoms with Crippen LogP contribution < -0.4 is 35.9 Å². The maximum atomic E-state index is 14.2. The van der Waals surface area contributed by atoms with E-state index < -0.39 is 40.0 Å². The highest BCUT2D eigenvalue weighted by Gasteiger charge is 2.40. The Hall–Kier alpha value is -9.11. The summed E-state index contributed by atoms with van der Waals surface area (Å²) in [6.07, 6.45) is 5.84. The van der Waals surface area contributed by atoms with Crippen molar-refractivity contribution in [2.45, 2.75) is 194 Å². The van der Waals surface area contributed by atoms with E-state index in [2.05, 4.69) is 123 Å². The van der Waals surface area contributed by atoms with Crippen LogP contribution in [0, 0.1) is 78.6 Å². The lowest BCUT2D eigenvalue weighted by molar-refractivity contribution is -0.165. The van der Waals surface area contributed by atoms with Crippen LogP contribution in [-0.4, -0.2) is 115 Å². The molecule has 5 amide bonds. The average Bonchev–Trinajstić information content (AvgIpc) is 0.782. The van der Waals surface area contributed by atoms with Gasteiger partial charge in [-0.1, -0.05) is 205 Å². The van der Waals surface area contributed by atoms with Crippen LogP contribution in [0.1, 0.15) is 248 Å². The van der Waals surface area contributed by atoms with Gasteiger partial charge in [-0.25, -0.2) is 15.4 Å². The third kappa shape index (κ3) is 29.5.